The van der Waals surface area contributed by atoms with Crippen LogP contribution in [-0.2, 0) is 16.1 Å². The summed E-state index contributed by atoms with van der Waals surface area (Å²) in [7, 11) is 1.51. The van der Waals surface area contributed by atoms with Gasteiger partial charge in [0.25, 0.3) is 5.91 Å². The van der Waals surface area contributed by atoms with Crippen molar-refractivity contribution in [2.24, 2.45) is 0 Å². The van der Waals surface area contributed by atoms with Crippen molar-refractivity contribution in [2.45, 2.75) is 13.5 Å². The Balaban J connectivity index is 1.66. The maximum Gasteiger partial charge on any atom is 0.270 e. The van der Waals surface area contributed by atoms with Crippen LogP contribution >= 0.6 is 11.6 Å². The van der Waals surface area contributed by atoms with Gasteiger partial charge < -0.3 is 24.4 Å². The molecular weight excluding hydrogens is 396 g/mol. The van der Waals surface area contributed by atoms with Crippen molar-refractivity contribution in [1.82, 2.24) is 14.4 Å². The number of ether oxygens (including phenoxy) is 1. The topological polar surface area (TPSA) is 83.9 Å². The first kappa shape index (κ1) is 20.7. The lowest BCUT2D eigenvalue weighted by Gasteiger charge is -2.34. The van der Waals surface area contributed by atoms with Crippen LogP contribution in [0.15, 0.2) is 36.5 Å². The molecule has 0 radical (unpaired) electrons. The molecule has 1 aliphatic heterocycles. The summed E-state index contributed by atoms with van der Waals surface area (Å²) < 4.78 is 6.84. The Hall–Kier alpha value is -3.00. The molecule has 1 saturated heterocycles. The van der Waals surface area contributed by atoms with Crippen LogP contribution in [0, 0.1) is 0 Å². The predicted octanol–water partition coefficient (Wildman–Crippen LogP) is 2.09. The lowest BCUT2D eigenvalue weighted by Crippen LogP contribution is -2.50. The molecule has 0 unspecified atom stereocenters. The molecule has 2 heterocycles. The Labute approximate surface area is 174 Å². The zero-order chi connectivity index (χ0) is 21.0. The number of methoxy groups -OCH3 is 1. The van der Waals surface area contributed by atoms with E-state index < -0.39 is 0 Å². The van der Waals surface area contributed by atoms with Gasteiger partial charge in [0.1, 0.15) is 18.0 Å². The Morgan fingerprint density at radius 3 is 2.45 bits per heavy atom. The van der Waals surface area contributed by atoms with E-state index in [1.165, 1.54) is 14.0 Å². The minimum atomic E-state index is -0.308. The molecule has 0 spiro atoms. The van der Waals surface area contributed by atoms with Gasteiger partial charge in [0.05, 0.1) is 12.8 Å². The van der Waals surface area contributed by atoms with Gasteiger partial charge in [-0.05, 0) is 30.3 Å². The van der Waals surface area contributed by atoms with E-state index in [-0.39, 0.29) is 24.3 Å². The van der Waals surface area contributed by atoms with E-state index in [4.69, 9.17) is 16.3 Å². The summed E-state index contributed by atoms with van der Waals surface area (Å²) in [6.07, 6.45) is 1.69. The van der Waals surface area contributed by atoms with Gasteiger partial charge in [-0.25, -0.2) is 0 Å². The van der Waals surface area contributed by atoms with Crippen LogP contribution < -0.4 is 10.1 Å². The number of halogens is 1. The van der Waals surface area contributed by atoms with Crippen LogP contribution in [0.25, 0.3) is 0 Å². The second-order valence-corrected chi connectivity index (χ2v) is 7.15. The van der Waals surface area contributed by atoms with Gasteiger partial charge in [-0.15, -0.1) is 0 Å². The van der Waals surface area contributed by atoms with Gasteiger partial charge in [0.2, 0.25) is 11.8 Å². The van der Waals surface area contributed by atoms with Crippen molar-refractivity contribution in [3.05, 3.63) is 47.2 Å². The number of anilines is 1. The summed E-state index contributed by atoms with van der Waals surface area (Å²) >= 11 is 6.00. The van der Waals surface area contributed by atoms with Crippen molar-refractivity contribution in [3.8, 4) is 5.75 Å². The van der Waals surface area contributed by atoms with Crippen LogP contribution in [0.5, 0.6) is 5.75 Å². The van der Waals surface area contributed by atoms with E-state index in [2.05, 4.69) is 5.32 Å². The number of rotatable bonds is 5. The second kappa shape index (κ2) is 9.00. The Bertz CT molecular complexity index is 919. The Kier molecular flexibility index (Phi) is 6.43. The molecule has 29 heavy (non-hydrogen) atoms. The maximum absolute atomic E-state index is 12.9. The fraction of sp³-hybridized carbons (Fsp3) is 0.350. The van der Waals surface area contributed by atoms with Gasteiger partial charge in [-0.1, -0.05) is 11.6 Å². The number of carbonyl (C=O) groups excluding carboxylic acids is 3. The average Bonchev–Trinajstić information content (AvgIpc) is 3.15. The number of hydrogen-bond acceptors (Lipinski definition) is 4. The Morgan fingerprint density at radius 2 is 1.79 bits per heavy atom. The third-order valence-corrected chi connectivity index (χ3v) is 5.05. The van der Waals surface area contributed by atoms with Crippen molar-refractivity contribution in [2.75, 3.05) is 38.6 Å². The lowest BCUT2D eigenvalue weighted by molar-refractivity contribution is -0.130. The molecule has 1 N–H and O–H groups in total. The molecule has 1 aromatic carbocycles. The fourth-order valence-corrected chi connectivity index (χ4v) is 3.43. The molecule has 1 fully saturated rings. The molecule has 0 saturated carbocycles. The lowest BCUT2D eigenvalue weighted by atomic mass is 10.2. The zero-order valence-electron chi connectivity index (χ0n) is 16.4. The first-order valence-electron chi connectivity index (χ1n) is 9.22. The van der Waals surface area contributed by atoms with Gasteiger partial charge >= 0.3 is 0 Å². The number of amides is 3. The molecule has 8 nitrogen and oxygen atoms in total. The first-order chi connectivity index (χ1) is 13.9. The highest BCUT2D eigenvalue weighted by atomic mass is 35.5. The monoisotopic (exact) mass is 418 g/mol. The SMILES string of the molecule is COc1ccc(Cl)cc1NC(=O)Cn1cccc1C(=O)N1CCN(C(C)=O)CC1. The maximum atomic E-state index is 12.9. The molecule has 0 atom stereocenters. The number of carbonyl (C=O) groups is 3. The molecule has 1 aliphatic rings. The largest absolute Gasteiger partial charge is 0.495 e. The zero-order valence-corrected chi connectivity index (χ0v) is 17.1. The molecule has 154 valence electrons. The van der Waals surface area contributed by atoms with Crippen molar-refractivity contribution < 1.29 is 19.1 Å². The summed E-state index contributed by atoms with van der Waals surface area (Å²) in [4.78, 5) is 40.3. The van der Waals surface area contributed by atoms with E-state index >= 15 is 0 Å². The predicted molar refractivity (Wildman–Crippen MR) is 109 cm³/mol. The highest BCUT2D eigenvalue weighted by Crippen LogP contribution is 2.27. The standard InChI is InChI=1S/C20H23ClN4O4/c1-14(26)23-8-10-24(11-9-23)20(28)17-4-3-7-25(17)13-19(27)22-16-12-15(21)5-6-18(16)29-2/h3-7,12H,8-11,13H2,1-2H3,(H,22,27). The summed E-state index contributed by atoms with van der Waals surface area (Å²) in [6.45, 7) is 3.45. The molecule has 0 aliphatic carbocycles. The number of hydrogen-bond donors (Lipinski definition) is 1. The number of benzene rings is 1. The highest BCUT2D eigenvalue weighted by Gasteiger charge is 2.25. The van der Waals surface area contributed by atoms with Gasteiger partial charge in [-0.2, -0.15) is 0 Å². The van der Waals surface area contributed by atoms with Crippen molar-refractivity contribution >= 4 is 35.0 Å². The number of nitrogens with zero attached hydrogens (tertiary/aromatic N) is 3. The van der Waals surface area contributed by atoms with Crippen LogP contribution in [0.2, 0.25) is 5.02 Å². The Morgan fingerprint density at radius 1 is 1.10 bits per heavy atom. The minimum Gasteiger partial charge on any atom is -0.495 e. The normalized spacial score (nSPS) is 13.9. The van der Waals surface area contributed by atoms with E-state index in [1.807, 2.05) is 0 Å². The second-order valence-electron chi connectivity index (χ2n) is 6.71. The first-order valence-corrected chi connectivity index (χ1v) is 9.60. The molecule has 2 aromatic rings. The smallest absolute Gasteiger partial charge is 0.270 e. The third kappa shape index (κ3) is 4.89. The van der Waals surface area contributed by atoms with E-state index in [0.717, 1.165) is 0 Å². The van der Waals surface area contributed by atoms with Gasteiger partial charge in [0.15, 0.2) is 0 Å². The molecule has 9 heteroatoms. The van der Waals surface area contributed by atoms with Crippen LogP contribution in [0.1, 0.15) is 17.4 Å². The van der Waals surface area contributed by atoms with E-state index in [1.54, 1.807) is 50.9 Å². The molecular formula is C20H23ClN4O4. The number of aromatic nitrogens is 1. The number of nitrogens with one attached hydrogen (secondary N) is 1. The molecule has 3 rings (SSSR count). The van der Waals surface area contributed by atoms with E-state index in [9.17, 15) is 14.4 Å². The van der Waals surface area contributed by atoms with Crippen LogP contribution in [0.4, 0.5) is 5.69 Å². The molecule has 1 aromatic heterocycles. The quantitative estimate of drug-likeness (QED) is 0.805. The molecule has 0 bridgehead atoms. The van der Waals surface area contributed by atoms with Crippen LogP contribution in [-0.4, -0.2) is 65.4 Å². The third-order valence-electron chi connectivity index (χ3n) is 4.81. The molecule has 3 amide bonds. The van der Waals surface area contributed by atoms with Crippen molar-refractivity contribution in [3.63, 3.8) is 0 Å². The average molecular weight is 419 g/mol. The highest BCUT2D eigenvalue weighted by molar-refractivity contribution is 6.31. The summed E-state index contributed by atoms with van der Waals surface area (Å²) in [6, 6.07) is 8.36. The van der Waals surface area contributed by atoms with Gasteiger partial charge in [-0.3, -0.25) is 14.4 Å². The van der Waals surface area contributed by atoms with Gasteiger partial charge in [0, 0.05) is 44.3 Å². The van der Waals surface area contributed by atoms with Crippen molar-refractivity contribution in [1.29, 1.82) is 0 Å². The summed E-state index contributed by atoms with van der Waals surface area (Å²) in [5.41, 5.74) is 0.889. The summed E-state index contributed by atoms with van der Waals surface area (Å²) in [5.74, 6) is 0.0343. The minimum absolute atomic E-state index is 0.00795. The summed E-state index contributed by atoms with van der Waals surface area (Å²) in [5, 5.41) is 3.24. The number of piperazine rings is 1. The van der Waals surface area contributed by atoms with Crippen LogP contribution in [0.3, 0.4) is 0 Å². The van der Waals surface area contributed by atoms with E-state index in [0.29, 0.717) is 48.3 Å². The fourth-order valence-electron chi connectivity index (χ4n) is 3.25.